The zero-order valence-corrected chi connectivity index (χ0v) is 11.3. The van der Waals surface area contributed by atoms with E-state index >= 15 is 0 Å². The molecule has 0 saturated carbocycles. The van der Waals surface area contributed by atoms with E-state index in [9.17, 15) is 14.5 Å². The molecule has 5 nitrogen and oxygen atoms in total. The molecule has 1 aromatic rings. The van der Waals surface area contributed by atoms with Gasteiger partial charge in [-0.05, 0) is 35.1 Å². The van der Waals surface area contributed by atoms with Gasteiger partial charge in [-0.15, -0.1) is 0 Å². The van der Waals surface area contributed by atoms with Crippen molar-refractivity contribution in [3.05, 3.63) is 37.2 Å². The second-order valence-electron chi connectivity index (χ2n) is 3.57. The lowest BCUT2D eigenvalue weighted by Gasteiger charge is -2.11. The first-order valence-electron chi connectivity index (χ1n) is 4.82. The van der Waals surface area contributed by atoms with Crippen molar-refractivity contribution >= 4 is 28.3 Å². The fourth-order valence-corrected chi connectivity index (χ4v) is 1.92. The molecule has 17 heavy (non-hydrogen) atoms. The third kappa shape index (κ3) is 3.86. The number of benzene rings is 1. The van der Waals surface area contributed by atoms with E-state index in [1.807, 2.05) is 0 Å². The topological polar surface area (TPSA) is 78.4 Å². The second kappa shape index (κ2) is 6.22. The van der Waals surface area contributed by atoms with Crippen molar-refractivity contribution in [3.63, 3.8) is 0 Å². The van der Waals surface area contributed by atoms with Gasteiger partial charge in [0.15, 0.2) is 0 Å². The zero-order chi connectivity index (χ0) is 13.0. The first-order chi connectivity index (χ1) is 7.95. The molecule has 0 bridgehead atoms. The molecular formula is C10H12FIN2O3. The number of halogens is 2. The third-order valence-corrected chi connectivity index (χ3v) is 3.01. The van der Waals surface area contributed by atoms with Gasteiger partial charge in [-0.2, -0.15) is 0 Å². The average molecular weight is 354 g/mol. The maximum Gasteiger partial charge on any atom is 0.273 e. The normalized spacial score (nSPS) is 12.5. The lowest BCUT2D eigenvalue weighted by atomic mass is 10.0. The van der Waals surface area contributed by atoms with E-state index in [4.69, 9.17) is 10.5 Å². The summed E-state index contributed by atoms with van der Waals surface area (Å²) in [5, 5.41) is 10.8. The number of nitrogens with zero attached hydrogens (tertiary/aromatic N) is 1. The van der Waals surface area contributed by atoms with Crippen LogP contribution >= 0.6 is 22.6 Å². The third-order valence-electron chi connectivity index (χ3n) is 2.18. The minimum atomic E-state index is -0.531. The molecule has 0 aliphatic heterocycles. The highest BCUT2D eigenvalue weighted by Gasteiger charge is 2.19. The van der Waals surface area contributed by atoms with Crippen molar-refractivity contribution < 1.29 is 14.1 Å². The lowest BCUT2D eigenvalue weighted by molar-refractivity contribution is -0.385. The predicted molar refractivity (Wildman–Crippen MR) is 69.3 cm³/mol. The van der Waals surface area contributed by atoms with Crippen molar-refractivity contribution in [1.29, 1.82) is 0 Å². The summed E-state index contributed by atoms with van der Waals surface area (Å²) in [7, 11) is 1.49. The molecule has 0 spiro atoms. The van der Waals surface area contributed by atoms with E-state index in [-0.39, 0.29) is 27.8 Å². The number of methoxy groups -OCH3 is 1. The highest BCUT2D eigenvalue weighted by atomic mass is 127. The van der Waals surface area contributed by atoms with Crippen LogP contribution in [0, 0.1) is 19.5 Å². The van der Waals surface area contributed by atoms with Gasteiger partial charge in [0.05, 0.1) is 15.1 Å². The van der Waals surface area contributed by atoms with Gasteiger partial charge in [0.1, 0.15) is 5.82 Å². The van der Waals surface area contributed by atoms with Gasteiger partial charge < -0.3 is 10.5 Å². The Labute approximate surface area is 111 Å². The van der Waals surface area contributed by atoms with Crippen molar-refractivity contribution in [2.75, 3.05) is 13.7 Å². The average Bonchev–Trinajstić information content (AvgIpc) is 2.23. The Morgan fingerprint density at radius 3 is 2.82 bits per heavy atom. The monoisotopic (exact) mass is 354 g/mol. The summed E-state index contributed by atoms with van der Waals surface area (Å²) >= 11 is 1.71. The number of nitro benzene ring substituents is 1. The molecule has 0 aliphatic carbocycles. The van der Waals surface area contributed by atoms with Crippen LogP contribution < -0.4 is 5.73 Å². The molecule has 1 atom stereocenters. The molecule has 2 N–H and O–H groups in total. The van der Waals surface area contributed by atoms with Gasteiger partial charge in [0.25, 0.3) is 5.69 Å². The van der Waals surface area contributed by atoms with Crippen molar-refractivity contribution in [2.24, 2.45) is 5.73 Å². The van der Waals surface area contributed by atoms with E-state index < -0.39 is 16.8 Å². The largest absolute Gasteiger partial charge is 0.383 e. The quantitative estimate of drug-likeness (QED) is 0.497. The van der Waals surface area contributed by atoms with Crippen molar-refractivity contribution in [2.45, 2.75) is 12.5 Å². The van der Waals surface area contributed by atoms with Crippen LogP contribution in [0.15, 0.2) is 12.1 Å². The van der Waals surface area contributed by atoms with Crippen LogP contribution in [0.5, 0.6) is 0 Å². The minimum Gasteiger partial charge on any atom is -0.383 e. The Balaban J connectivity index is 3.04. The molecule has 1 unspecified atom stereocenters. The molecular weight excluding hydrogens is 342 g/mol. The Kier molecular flexibility index (Phi) is 5.22. The van der Waals surface area contributed by atoms with Crippen LogP contribution in [0.4, 0.5) is 10.1 Å². The van der Waals surface area contributed by atoms with E-state index in [0.717, 1.165) is 6.07 Å². The summed E-state index contributed by atoms with van der Waals surface area (Å²) in [6.45, 7) is 0.269. The van der Waals surface area contributed by atoms with Crippen LogP contribution in [-0.2, 0) is 11.2 Å². The minimum absolute atomic E-state index is 0.109. The Morgan fingerprint density at radius 1 is 1.65 bits per heavy atom. The van der Waals surface area contributed by atoms with Gasteiger partial charge in [-0.1, -0.05) is 0 Å². The first-order valence-corrected chi connectivity index (χ1v) is 5.90. The molecule has 0 saturated heterocycles. The fraction of sp³-hybridized carbons (Fsp3) is 0.400. The van der Waals surface area contributed by atoms with Gasteiger partial charge in [0, 0.05) is 24.8 Å². The van der Waals surface area contributed by atoms with Gasteiger partial charge in [0.2, 0.25) is 0 Å². The molecule has 1 aromatic carbocycles. The van der Waals surface area contributed by atoms with Crippen LogP contribution in [0.25, 0.3) is 0 Å². The number of nitro groups is 1. The van der Waals surface area contributed by atoms with E-state index in [1.165, 1.54) is 13.2 Å². The fourth-order valence-electron chi connectivity index (χ4n) is 1.47. The van der Waals surface area contributed by atoms with Crippen LogP contribution in [0.3, 0.4) is 0 Å². The summed E-state index contributed by atoms with van der Waals surface area (Å²) in [5.74, 6) is -0.476. The summed E-state index contributed by atoms with van der Waals surface area (Å²) in [5.41, 5.74) is 5.88. The number of ether oxygens (including phenoxy) is 1. The van der Waals surface area contributed by atoms with Gasteiger partial charge in [-0.25, -0.2) is 4.39 Å². The number of hydrogen-bond acceptors (Lipinski definition) is 4. The van der Waals surface area contributed by atoms with Crippen LogP contribution in [0.2, 0.25) is 0 Å². The van der Waals surface area contributed by atoms with Crippen molar-refractivity contribution in [1.82, 2.24) is 0 Å². The Hall–Kier alpha value is -0.800. The van der Waals surface area contributed by atoms with Gasteiger partial charge in [-0.3, -0.25) is 10.1 Å². The highest BCUT2D eigenvalue weighted by molar-refractivity contribution is 14.1. The molecule has 0 amide bonds. The Morgan fingerprint density at radius 2 is 2.29 bits per heavy atom. The zero-order valence-electron chi connectivity index (χ0n) is 9.15. The molecule has 7 heteroatoms. The molecule has 94 valence electrons. The predicted octanol–water partition coefficient (Wildman–Crippen LogP) is 1.85. The standard InChI is InChI=1S/C10H12FIN2O3/c1-17-5-7(13)2-6-3-8(11)9(12)4-10(6)14(15)16/h3-4,7H,2,5,13H2,1H3. The molecule has 0 aromatic heterocycles. The second-order valence-corrected chi connectivity index (χ2v) is 4.73. The Bertz CT molecular complexity index is 428. The summed E-state index contributed by atoms with van der Waals surface area (Å²) in [6.07, 6.45) is 0.206. The molecule has 0 heterocycles. The summed E-state index contributed by atoms with van der Waals surface area (Å²) in [6, 6.07) is 1.98. The van der Waals surface area contributed by atoms with Crippen LogP contribution in [0.1, 0.15) is 5.56 Å². The van der Waals surface area contributed by atoms with Crippen LogP contribution in [-0.4, -0.2) is 24.7 Å². The van der Waals surface area contributed by atoms with E-state index in [2.05, 4.69) is 0 Å². The summed E-state index contributed by atoms with van der Waals surface area (Å²) < 4.78 is 18.4. The lowest BCUT2D eigenvalue weighted by Crippen LogP contribution is -2.28. The van der Waals surface area contributed by atoms with E-state index in [1.54, 1.807) is 22.6 Å². The maximum absolute atomic E-state index is 13.4. The first kappa shape index (κ1) is 14.3. The molecule has 1 rings (SSSR count). The summed E-state index contributed by atoms with van der Waals surface area (Å²) in [4.78, 5) is 10.3. The van der Waals surface area contributed by atoms with Gasteiger partial charge >= 0.3 is 0 Å². The highest BCUT2D eigenvalue weighted by Crippen LogP contribution is 2.25. The van der Waals surface area contributed by atoms with E-state index in [0.29, 0.717) is 0 Å². The SMILES string of the molecule is COCC(N)Cc1cc(F)c(I)cc1[N+](=O)[O-]. The molecule has 0 fully saturated rings. The van der Waals surface area contributed by atoms with Crippen molar-refractivity contribution in [3.8, 4) is 0 Å². The molecule has 0 aliphatic rings. The number of nitrogens with two attached hydrogens (primary N) is 1. The molecule has 0 radical (unpaired) electrons. The maximum atomic E-state index is 13.4. The smallest absolute Gasteiger partial charge is 0.273 e. The number of rotatable bonds is 5. The number of hydrogen-bond donors (Lipinski definition) is 1.